The molecule has 0 aliphatic heterocycles. The number of rotatable bonds is 6. The highest BCUT2D eigenvalue weighted by Crippen LogP contribution is 2.32. The standard InChI is InChI=1S/C27H26N4O4/c1-2-35-27(34)18-11-13-19(14-12-18)30-25(32)22-10-6-5-9-21(22)23(26(30)33)17-28-24-15-16-29-31(24)20-7-3-4-8-20/h5-6,9-17,20,33H,2-4,7-8H2,1H3/b28-17+. The topological polar surface area (TPSA) is 98.7 Å². The van der Waals surface area contributed by atoms with Crippen LogP contribution in [0.2, 0.25) is 0 Å². The number of carbonyl (C=O) groups is 1. The van der Waals surface area contributed by atoms with Gasteiger partial charge in [-0.15, -0.1) is 0 Å². The maximum atomic E-state index is 13.3. The van der Waals surface area contributed by atoms with Crippen LogP contribution in [0.5, 0.6) is 5.88 Å². The van der Waals surface area contributed by atoms with Crippen LogP contribution in [-0.2, 0) is 4.74 Å². The zero-order chi connectivity index (χ0) is 24.4. The van der Waals surface area contributed by atoms with Gasteiger partial charge in [0.05, 0.1) is 35.7 Å². The molecule has 0 atom stereocenters. The Morgan fingerprint density at radius 3 is 2.54 bits per heavy atom. The summed E-state index contributed by atoms with van der Waals surface area (Å²) < 4.78 is 8.20. The van der Waals surface area contributed by atoms with Crippen molar-refractivity contribution in [2.24, 2.45) is 4.99 Å². The molecule has 2 heterocycles. The minimum Gasteiger partial charge on any atom is -0.494 e. The number of pyridine rings is 1. The van der Waals surface area contributed by atoms with E-state index < -0.39 is 5.97 Å². The van der Waals surface area contributed by atoms with Gasteiger partial charge in [-0.2, -0.15) is 5.10 Å². The lowest BCUT2D eigenvalue weighted by Gasteiger charge is -2.14. The van der Waals surface area contributed by atoms with E-state index in [2.05, 4.69) is 10.1 Å². The Labute approximate surface area is 202 Å². The minimum absolute atomic E-state index is 0.228. The van der Waals surface area contributed by atoms with Crippen molar-refractivity contribution < 1.29 is 14.6 Å². The first-order chi connectivity index (χ1) is 17.1. The van der Waals surface area contributed by atoms with E-state index in [-0.39, 0.29) is 18.0 Å². The van der Waals surface area contributed by atoms with E-state index in [0.29, 0.717) is 39.4 Å². The number of nitrogens with zero attached hydrogens (tertiary/aromatic N) is 4. The van der Waals surface area contributed by atoms with Crippen LogP contribution >= 0.6 is 0 Å². The summed E-state index contributed by atoms with van der Waals surface area (Å²) in [7, 11) is 0. The van der Waals surface area contributed by atoms with Crippen LogP contribution in [0.3, 0.4) is 0 Å². The third-order valence-corrected chi connectivity index (χ3v) is 6.39. The van der Waals surface area contributed by atoms with E-state index in [4.69, 9.17) is 4.74 Å². The summed E-state index contributed by atoms with van der Waals surface area (Å²) in [6.45, 7) is 2.01. The van der Waals surface area contributed by atoms with E-state index in [9.17, 15) is 14.7 Å². The Kier molecular flexibility index (Phi) is 6.18. The molecule has 1 aliphatic rings. The number of fused-ring (bicyclic) bond motifs is 1. The molecule has 1 N–H and O–H groups in total. The van der Waals surface area contributed by atoms with Crippen molar-refractivity contribution in [3.63, 3.8) is 0 Å². The minimum atomic E-state index is -0.444. The first kappa shape index (κ1) is 22.6. The smallest absolute Gasteiger partial charge is 0.338 e. The van der Waals surface area contributed by atoms with Gasteiger partial charge < -0.3 is 9.84 Å². The average Bonchev–Trinajstić information content (AvgIpc) is 3.57. The molecule has 35 heavy (non-hydrogen) atoms. The second-order valence-corrected chi connectivity index (χ2v) is 8.52. The number of benzene rings is 2. The SMILES string of the molecule is CCOC(=O)c1ccc(-n2c(O)c(/C=N/c3ccnn3C3CCCC3)c3ccccc3c2=O)cc1. The lowest BCUT2D eigenvalue weighted by atomic mass is 10.1. The van der Waals surface area contributed by atoms with Crippen LogP contribution < -0.4 is 5.56 Å². The van der Waals surface area contributed by atoms with Gasteiger partial charge in [-0.3, -0.25) is 4.79 Å². The fourth-order valence-electron chi connectivity index (χ4n) is 4.66. The van der Waals surface area contributed by atoms with Gasteiger partial charge in [0.25, 0.3) is 5.56 Å². The second-order valence-electron chi connectivity index (χ2n) is 8.52. The number of hydrogen-bond donors (Lipinski definition) is 1. The molecule has 8 nitrogen and oxygen atoms in total. The molecular weight excluding hydrogens is 444 g/mol. The number of aliphatic imine (C=N–C) groups is 1. The van der Waals surface area contributed by atoms with Crippen molar-refractivity contribution in [3.05, 3.63) is 82.3 Å². The van der Waals surface area contributed by atoms with Gasteiger partial charge in [0.1, 0.15) is 0 Å². The lowest BCUT2D eigenvalue weighted by Crippen LogP contribution is -2.20. The van der Waals surface area contributed by atoms with Crippen LogP contribution in [0.15, 0.2) is 70.6 Å². The molecule has 0 saturated heterocycles. The van der Waals surface area contributed by atoms with Crippen LogP contribution in [0.4, 0.5) is 5.82 Å². The summed E-state index contributed by atoms with van der Waals surface area (Å²) in [5.41, 5.74) is 0.854. The highest BCUT2D eigenvalue weighted by atomic mass is 16.5. The highest BCUT2D eigenvalue weighted by molar-refractivity contribution is 6.02. The summed E-state index contributed by atoms with van der Waals surface area (Å²) >= 11 is 0. The molecular formula is C27H26N4O4. The highest BCUT2D eigenvalue weighted by Gasteiger charge is 2.20. The summed E-state index contributed by atoms with van der Waals surface area (Å²) in [4.78, 5) is 30.0. The van der Waals surface area contributed by atoms with Crippen molar-refractivity contribution in [2.45, 2.75) is 38.6 Å². The third kappa shape index (κ3) is 4.23. The van der Waals surface area contributed by atoms with Gasteiger partial charge in [0.15, 0.2) is 5.82 Å². The summed E-state index contributed by atoms with van der Waals surface area (Å²) in [5, 5.41) is 16.8. The molecule has 178 valence electrons. The van der Waals surface area contributed by atoms with Crippen molar-refractivity contribution in [3.8, 4) is 11.6 Å². The number of ether oxygens (including phenoxy) is 1. The van der Waals surface area contributed by atoms with E-state index >= 15 is 0 Å². The Morgan fingerprint density at radius 1 is 1.11 bits per heavy atom. The van der Waals surface area contributed by atoms with Gasteiger partial charge in [0.2, 0.25) is 5.88 Å². The van der Waals surface area contributed by atoms with Crippen LogP contribution in [0.1, 0.15) is 54.6 Å². The fourth-order valence-corrected chi connectivity index (χ4v) is 4.66. The van der Waals surface area contributed by atoms with Crippen molar-refractivity contribution >= 4 is 28.8 Å². The van der Waals surface area contributed by atoms with Crippen molar-refractivity contribution in [2.75, 3.05) is 6.61 Å². The van der Waals surface area contributed by atoms with Crippen molar-refractivity contribution in [1.29, 1.82) is 0 Å². The molecule has 0 bridgehead atoms. The molecule has 5 rings (SSSR count). The van der Waals surface area contributed by atoms with Gasteiger partial charge in [-0.05, 0) is 50.1 Å². The molecule has 4 aromatic rings. The maximum Gasteiger partial charge on any atom is 0.338 e. The predicted molar refractivity (Wildman–Crippen MR) is 134 cm³/mol. The quantitative estimate of drug-likeness (QED) is 0.318. The first-order valence-corrected chi connectivity index (χ1v) is 11.8. The van der Waals surface area contributed by atoms with Crippen LogP contribution in [0, 0.1) is 0 Å². The van der Waals surface area contributed by atoms with Gasteiger partial charge in [-0.1, -0.05) is 31.0 Å². The lowest BCUT2D eigenvalue weighted by molar-refractivity contribution is 0.0526. The summed E-state index contributed by atoms with van der Waals surface area (Å²) in [6, 6.07) is 15.7. The molecule has 0 spiro atoms. The van der Waals surface area contributed by atoms with E-state index in [1.54, 1.807) is 61.8 Å². The molecule has 1 aliphatic carbocycles. The fraction of sp³-hybridized carbons (Fsp3) is 0.259. The van der Waals surface area contributed by atoms with Gasteiger partial charge in [-0.25, -0.2) is 19.0 Å². The summed E-state index contributed by atoms with van der Waals surface area (Å²) in [6.07, 6.45) is 7.83. The van der Waals surface area contributed by atoms with Gasteiger partial charge >= 0.3 is 5.97 Å². The number of hydrogen-bond acceptors (Lipinski definition) is 6. The zero-order valence-corrected chi connectivity index (χ0v) is 19.4. The molecule has 1 saturated carbocycles. The first-order valence-electron chi connectivity index (χ1n) is 11.8. The van der Waals surface area contributed by atoms with Crippen molar-refractivity contribution in [1.82, 2.24) is 14.3 Å². The molecule has 0 radical (unpaired) electrons. The van der Waals surface area contributed by atoms with E-state index in [1.165, 1.54) is 17.4 Å². The van der Waals surface area contributed by atoms with E-state index in [0.717, 1.165) is 12.8 Å². The average molecular weight is 471 g/mol. The molecule has 2 aromatic heterocycles. The Morgan fingerprint density at radius 2 is 1.83 bits per heavy atom. The van der Waals surface area contributed by atoms with Crippen LogP contribution in [0.25, 0.3) is 16.5 Å². The molecule has 1 fully saturated rings. The predicted octanol–water partition coefficient (Wildman–Crippen LogP) is 4.94. The number of carbonyl (C=O) groups excluding carboxylic acids is 1. The number of esters is 1. The Hall–Kier alpha value is -4.20. The largest absolute Gasteiger partial charge is 0.494 e. The maximum absolute atomic E-state index is 13.3. The molecule has 2 aromatic carbocycles. The van der Waals surface area contributed by atoms with Crippen LogP contribution in [-0.4, -0.2) is 38.2 Å². The van der Waals surface area contributed by atoms with Gasteiger partial charge in [0, 0.05) is 23.1 Å². The molecule has 0 unspecified atom stereocenters. The number of aromatic nitrogens is 3. The second kappa shape index (κ2) is 9.58. The molecule has 8 heteroatoms. The summed E-state index contributed by atoms with van der Waals surface area (Å²) in [5.74, 6) is 0.0333. The third-order valence-electron chi connectivity index (χ3n) is 6.39. The number of aromatic hydroxyl groups is 1. The normalized spacial score (nSPS) is 14.2. The zero-order valence-electron chi connectivity index (χ0n) is 19.4. The Bertz CT molecular complexity index is 1460. The molecule has 0 amide bonds. The Balaban J connectivity index is 1.60. The van der Waals surface area contributed by atoms with E-state index in [1.807, 2.05) is 16.8 Å². The monoisotopic (exact) mass is 470 g/mol.